The average Bonchev–Trinajstić information content (AvgIpc) is 4.19. The molecule has 0 radical (unpaired) electrons. The van der Waals surface area contributed by atoms with Gasteiger partial charge in [0, 0.05) is 57.2 Å². The number of aryl methyl sites for hydroxylation is 2. The van der Waals surface area contributed by atoms with Crippen LogP contribution in [0.2, 0.25) is 0 Å². The quantitative estimate of drug-likeness (QED) is 0.116. The first-order chi connectivity index (χ1) is 38.0. The van der Waals surface area contributed by atoms with Gasteiger partial charge in [0.2, 0.25) is 19.7 Å². The third-order valence-electron chi connectivity index (χ3n) is 13.8. The van der Waals surface area contributed by atoms with Crippen LogP contribution in [0.5, 0.6) is 23.0 Å². The van der Waals surface area contributed by atoms with E-state index in [0.717, 1.165) is 66.4 Å². The van der Waals surface area contributed by atoms with Crippen molar-refractivity contribution < 1.29 is 26.3 Å². The molecule has 378 valence electrons. The van der Waals surface area contributed by atoms with E-state index in [0.29, 0.717) is 34.0 Å². The molecule has 14 heteroatoms. The first-order valence-corrected chi connectivity index (χ1v) is 27.9. The fourth-order valence-corrected chi connectivity index (χ4v) is 12.8. The van der Waals surface area contributed by atoms with E-state index in [1.54, 1.807) is 110 Å². The lowest BCUT2D eigenvalue weighted by molar-refractivity contribution is 0.467. The molecule has 13 rings (SSSR count). The summed E-state index contributed by atoms with van der Waals surface area (Å²) in [5, 5.41) is 4.02. The molecule has 0 fully saturated rings. The van der Waals surface area contributed by atoms with Crippen molar-refractivity contribution in [1.29, 1.82) is 0 Å². The summed E-state index contributed by atoms with van der Waals surface area (Å²) in [4.78, 5) is 19.2. The fraction of sp³-hybridized carbons (Fsp3) is 0.0312. The molecule has 12 nitrogen and oxygen atoms in total. The first-order valence-electron chi connectivity index (χ1n) is 25.0. The van der Waals surface area contributed by atoms with Crippen LogP contribution in [0.25, 0.3) is 77.8 Å². The number of hydrogen-bond donors (Lipinski definition) is 0. The van der Waals surface area contributed by atoms with Gasteiger partial charge in [-0.25, -0.2) is 26.8 Å². The summed E-state index contributed by atoms with van der Waals surface area (Å²) in [5.41, 5.74) is 7.63. The smallest absolute Gasteiger partial charge is 0.210 e. The van der Waals surface area contributed by atoms with Crippen molar-refractivity contribution in [3.8, 4) is 57.1 Å². The molecular formula is C64H44N6O6S2. The van der Waals surface area contributed by atoms with Crippen LogP contribution in [-0.4, -0.2) is 45.9 Å². The van der Waals surface area contributed by atoms with Crippen molar-refractivity contribution in [2.45, 2.75) is 33.4 Å². The van der Waals surface area contributed by atoms with Crippen molar-refractivity contribution in [3.63, 3.8) is 0 Å². The van der Waals surface area contributed by atoms with E-state index in [1.165, 1.54) is 12.1 Å². The number of fused-ring (bicyclic) bond motifs is 6. The molecule has 0 bridgehead atoms. The van der Waals surface area contributed by atoms with E-state index in [1.807, 2.05) is 111 Å². The van der Waals surface area contributed by atoms with Gasteiger partial charge in [0.1, 0.15) is 44.4 Å². The summed E-state index contributed by atoms with van der Waals surface area (Å²) >= 11 is 0. The topological polar surface area (TPSA) is 148 Å². The molecule has 0 saturated heterocycles. The van der Waals surface area contributed by atoms with Gasteiger partial charge in [-0.05, 0) is 134 Å². The minimum absolute atomic E-state index is 0.0338. The molecule has 5 aromatic heterocycles. The number of sulfone groups is 2. The van der Waals surface area contributed by atoms with Gasteiger partial charge in [0.05, 0.1) is 55.6 Å². The van der Waals surface area contributed by atoms with Gasteiger partial charge < -0.3 is 9.47 Å². The summed E-state index contributed by atoms with van der Waals surface area (Å²) in [7, 11) is -8.16. The Morgan fingerprint density at radius 3 is 1.18 bits per heavy atom. The van der Waals surface area contributed by atoms with Crippen LogP contribution < -0.4 is 9.47 Å². The highest BCUT2D eigenvalue weighted by Crippen LogP contribution is 2.42. The molecular weight excluding hydrogens is 1010 g/mol. The Morgan fingerprint density at radius 2 is 0.769 bits per heavy atom. The van der Waals surface area contributed by atoms with Crippen LogP contribution in [-0.2, 0) is 19.7 Å². The number of rotatable bonds is 12. The number of nitrogens with zero attached hydrogens (tertiary/aromatic N) is 6. The molecule has 13 aromatic rings. The van der Waals surface area contributed by atoms with Crippen molar-refractivity contribution >= 4 is 63.3 Å². The molecule has 0 saturated carbocycles. The van der Waals surface area contributed by atoms with Crippen molar-refractivity contribution in [2.75, 3.05) is 0 Å². The monoisotopic (exact) mass is 1060 g/mol. The Balaban J connectivity index is 0.886. The van der Waals surface area contributed by atoms with Crippen molar-refractivity contribution in [2.24, 2.45) is 0 Å². The Labute approximate surface area is 449 Å². The van der Waals surface area contributed by atoms with Gasteiger partial charge in [-0.15, -0.1) is 0 Å². The van der Waals surface area contributed by atoms with Crippen molar-refractivity contribution in [3.05, 3.63) is 242 Å². The van der Waals surface area contributed by atoms with Crippen LogP contribution >= 0.6 is 0 Å². The third kappa shape index (κ3) is 8.49. The molecule has 5 heterocycles. The minimum atomic E-state index is -4.08. The lowest BCUT2D eigenvalue weighted by Crippen LogP contribution is -2.05. The molecule has 0 N–H and O–H groups in total. The maximum atomic E-state index is 14.4. The maximum absolute atomic E-state index is 14.4. The largest absolute Gasteiger partial charge is 0.456 e. The van der Waals surface area contributed by atoms with E-state index in [9.17, 15) is 16.8 Å². The summed E-state index contributed by atoms with van der Waals surface area (Å²) in [6.07, 6.45) is 6.73. The van der Waals surface area contributed by atoms with Crippen LogP contribution in [0, 0.1) is 13.8 Å². The Bertz CT molecular complexity index is 4440. The molecule has 0 aliphatic rings. The second kappa shape index (κ2) is 19.1. The first kappa shape index (κ1) is 47.9. The number of ether oxygens (including phenoxy) is 2. The number of pyridine rings is 2. The molecule has 0 aliphatic carbocycles. The van der Waals surface area contributed by atoms with E-state index >= 15 is 0 Å². The van der Waals surface area contributed by atoms with E-state index < -0.39 is 19.7 Å². The van der Waals surface area contributed by atoms with Crippen LogP contribution in [0.3, 0.4) is 0 Å². The van der Waals surface area contributed by atoms with E-state index in [2.05, 4.69) is 21.3 Å². The number of hydrogen-bond acceptors (Lipinski definition) is 10. The highest BCUT2D eigenvalue weighted by atomic mass is 32.2. The van der Waals surface area contributed by atoms with Gasteiger partial charge in [-0.1, -0.05) is 84.9 Å². The Morgan fingerprint density at radius 1 is 0.372 bits per heavy atom. The predicted molar refractivity (Wildman–Crippen MR) is 303 cm³/mol. The van der Waals surface area contributed by atoms with Gasteiger partial charge in [-0.3, -0.25) is 19.1 Å². The lowest BCUT2D eigenvalue weighted by atomic mass is 10.1. The second-order valence-electron chi connectivity index (χ2n) is 18.9. The third-order valence-corrected chi connectivity index (χ3v) is 17.4. The Kier molecular flexibility index (Phi) is 11.7. The van der Waals surface area contributed by atoms with Crippen LogP contribution in [0.1, 0.15) is 11.1 Å². The molecule has 78 heavy (non-hydrogen) atoms. The zero-order valence-corrected chi connectivity index (χ0v) is 43.5. The molecule has 0 amide bonds. The highest BCUT2D eigenvalue weighted by Gasteiger charge is 2.27. The molecule has 0 spiro atoms. The van der Waals surface area contributed by atoms with Crippen LogP contribution in [0.15, 0.2) is 251 Å². The molecule has 0 atom stereocenters. The van der Waals surface area contributed by atoms with E-state index in [4.69, 9.17) is 29.4 Å². The Hall–Kier alpha value is -9.76. The lowest BCUT2D eigenvalue weighted by Gasteiger charge is -2.15. The van der Waals surface area contributed by atoms with Gasteiger partial charge in [0.15, 0.2) is 0 Å². The number of para-hydroxylation sites is 2. The van der Waals surface area contributed by atoms with Crippen molar-refractivity contribution in [1.82, 2.24) is 29.1 Å². The summed E-state index contributed by atoms with van der Waals surface area (Å²) in [6, 6.07) is 61.7. The second-order valence-corrected chi connectivity index (χ2v) is 22.7. The van der Waals surface area contributed by atoms with Crippen LogP contribution in [0.4, 0.5) is 0 Å². The summed E-state index contributed by atoms with van der Waals surface area (Å²) in [5.74, 6) is 2.46. The average molecular weight is 1060 g/mol. The standard InChI is InChI=1S/C64H44N6O6S2/c1-41-29-31-65-63(33-41)69-55-19-11-9-17-49(55)51-25-23-45(37-57(51)69)75-59-35-43(21-27-61(59)77(71,72)47-13-5-3-6-14-47)53-39-68-54(40-67-53)44-22-28-62(78(73,74)48-15-7-4-8-16-48)60(36-44)76-46-24-26-52-50-18-10-12-20-56(50)70(58(52)38-46)64-34-42(2)30-32-66-64/h3-40H,1-2H3. The molecule has 0 unspecified atom stereocenters. The number of benzene rings is 8. The SMILES string of the molecule is Cc1ccnc(-n2c3ccccc3c3ccc(Oc4cc(-c5cnc(-c6ccc(S(=O)(=O)c7ccccc7)c(Oc7ccc8c9ccccc9n(-c9cc(C)ccn9)c8c7)c6)cn5)ccc4S(=O)(=O)c4ccccc4)cc32)c1. The summed E-state index contributed by atoms with van der Waals surface area (Å²) < 4.78 is 75.1. The summed E-state index contributed by atoms with van der Waals surface area (Å²) in [6.45, 7) is 4.04. The van der Waals surface area contributed by atoms with E-state index in [-0.39, 0.29) is 31.1 Å². The highest BCUT2D eigenvalue weighted by molar-refractivity contribution is 7.92. The zero-order chi connectivity index (χ0) is 53.1. The number of aromatic nitrogens is 6. The van der Waals surface area contributed by atoms with Gasteiger partial charge >= 0.3 is 0 Å². The molecule has 8 aromatic carbocycles. The predicted octanol–water partition coefficient (Wildman–Crippen LogP) is 14.7. The normalized spacial score (nSPS) is 11.9. The minimum Gasteiger partial charge on any atom is -0.456 e. The fourth-order valence-electron chi connectivity index (χ4n) is 10.1. The maximum Gasteiger partial charge on any atom is 0.210 e. The molecule has 0 aliphatic heterocycles. The zero-order valence-electron chi connectivity index (χ0n) is 41.9. The van der Waals surface area contributed by atoms with Gasteiger partial charge in [0.25, 0.3) is 0 Å². The van der Waals surface area contributed by atoms with Gasteiger partial charge in [-0.2, -0.15) is 0 Å².